The molecule has 0 aromatic carbocycles. The van der Waals surface area contributed by atoms with Crippen LogP contribution in [0.25, 0.3) is 17.2 Å². The van der Waals surface area contributed by atoms with Crippen LogP contribution in [0.2, 0.25) is 0 Å². The summed E-state index contributed by atoms with van der Waals surface area (Å²) < 4.78 is 40.2. The Bertz CT molecular complexity index is 1240. The molecule has 1 saturated heterocycles. The van der Waals surface area contributed by atoms with Gasteiger partial charge in [-0.2, -0.15) is 13.2 Å². The van der Waals surface area contributed by atoms with E-state index in [1.807, 2.05) is 6.07 Å². The standard InChI is InChI=1S/C23H28F3N9/c1-4-33-14(2)12-34(15(3)21(33)16(8-27)9-28)19-5-6-29-22(32-19)18-10-31-20-11-30-17(13-35(18)20)7-23(24,25)26/h5-6,8-11,13-15,21,27H,4,7,12,28H2,1-3H3/b16-9+,27-8?. The van der Waals surface area contributed by atoms with Crippen LogP contribution >= 0.6 is 0 Å². The van der Waals surface area contributed by atoms with E-state index in [-0.39, 0.29) is 23.8 Å². The van der Waals surface area contributed by atoms with E-state index < -0.39 is 12.6 Å². The van der Waals surface area contributed by atoms with Crippen molar-refractivity contribution in [2.75, 3.05) is 18.0 Å². The van der Waals surface area contributed by atoms with Crippen LogP contribution in [-0.4, -0.2) is 72.8 Å². The van der Waals surface area contributed by atoms with E-state index in [0.717, 1.165) is 12.1 Å². The van der Waals surface area contributed by atoms with Crippen LogP contribution in [0.4, 0.5) is 19.0 Å². The maximum Gasteiger partial charge on any atom is 0.394 e. The molecule has 0 radical (unpaired) electrons. The number of likely N-dealkylation sites (N-methyl/N-ethyl adjacent to an activating group) is 1. The highest BCUT2D eigenvalue weighted by Gasteiger charge is 2.39. The second-order valence-electron chi connectivity index (χ2n) is 8.61. The molecular weight excluding hydrogens is 459 g/mol. The molecule has 4 heterocycles. The molecule has 1 aliphatic rings. The van der Waals surface area contributed by atoms with Gasteiger partial charge in [0.25, 0.3) is 0 Å². The fraction of sp³-hybridized carbons (Fsp3) is 0.435. The van der Waals surface area contributed by atoms with Crippen molar-refractivity contribution in [3.05, 3.63) is 48.3 Å². The first-order valence-electron chi connectivity index (χ1n) is 11.3. The maximum absolute atomic E-state index is 12.9. The lowest BCUT2D eigenvalue weighted by atomic mass is 9.93. The van der Waals surface area contributed by atoms with Crippen molar-refractivity contribution in [2.45, 2.75) is 51.5 Å². The number of piperazine rings is 1. The van der Waals surface area contributed by atoms with Gasteiger partial charge < -0.3 is 16.0 Å². The monoisotopic (exact) mass is 487 g/mol. The van der Waals surface area contributed by atoms with Gasteiger partial charge in [0.05, 0.1) is 30.6 Å². The van der Waals surface area contributed by atoms with Gasteiger partial charge in [-0.3, -0.25) is 14.3 Å². The van der Waals surface area contributed by atoms with Crippen LogP contribution < -0.4 is 10.6 Å². The van der Waals surface area contributed by atoms with Gasteiger partial charge in [-0.05, 0) is 26.5 Å². The van der Waals surface area contributed by atoms with Crippen LogP contribution in [0.1, 0.15) is 26.5 Å². The molecule has 1 aliphatic heterocycles. The minimum absolute atomic E-state index is 0.0462. The molecule has 12 heteroatoms. The number of fused-ring (bicyclic) bond motifs is 1. The molecule has 3 N–H and O–H groups in total. The lowest BCUT2D eigenvalue weighted by molar-refractivity contribution is -0.127. The van der Waals surface area contributed by atoms with Crippen molar-refractivity contribution in [3.63, 3.8) is 0 Å². The number of alkyl halides is 3. The first kappa shape index (κ1) is 24.6. The summed E-state index contributed by atoms with van der Waals surface area (Å²) in [6.07, 6.45) is 3.06. The molecule has 0 saturated carbocycles. The molecular formula is C23H28F3N9. The largest absolute Gasteiger partial charge is 0.404 e. The van der Waals surface area contributed by atoms with Gasteiger partial charge in [0.1, 0.15) is 11.5 Å². The molecule has 3 atom stereocenters. The molecule has 9 nitrogen and oxygen atoms in total. The van der Waals surface area contributed by atoms with Gasteiger partial charge in [-0.1, -0.05) is 6.92 Å². The quantitative estimate of drug-likeness (QED) is 0.514. The van der Waals surface area contributed by atoms with Crippen LogP contribution in [0.15, 0.2) is 42.6 Å². The molecule has 1 fully saturated rings. The second-order valence-corrected chi connectivity index (χ2v) is 8.61. The van der Waals surface area contributed by atoms with Gasteiger partial charge in [0.2, 0.25) is 0 Å². The van der Waals surface area contributed by atoms with E-state index in [1.165, 1.54) is 35.4 Å². The number of hydrogen-bond donors (Lipinski definition) is 2. The lowest BCUT2D eigenvalue weighted by Gasteiger charge is -2.50. The van der Waals surface area contributed by atoms with Gasteiger partial charge in [-0.25, -0.2) is 15.0 Å². The van der Waals surface area contributed by atoms with Crippen molar-refractivity contribution in [1.29, 1.82) is 5.41 Å². The van der Waals surface area contributed by atoms with Gasteiger partial charge in [-0.15, -0.1) is 0 Å². The summed E-state index contributed by atoms with van der Waals surface area (Å²) in [6, 6.07) is 1.83. The van der Waals surface area contributed by atoms with Gasteiger partial charge in [0, 0.05) is 49.0 Å². The topological polar surface area (TPSA) is 112 Å². The first-order valence-corrected chi connectivity index (χ1v) is 11.3. The number of hydrogen-bond acceptors (Lipinski definition) is 8. The highest BCUT2D eigenvalue weighted by molar-refractivity contribution is 5.78. The number of imidazole rings is 1. The molecule has 0 aliphatic carbocycles. The zero-order valence-corrected chi connectivity index (χ0v) is 19.7. The average Bonchev–Trinajstić information content (AvgIpc) is 3.24. The summed E-state index contributed by atoms with van der Waals surface area (Å²) in [7, 11) is 0. The Kier molecular flexibility index (Phi) is 6.75. The molecule has 4 rings (SSSR count). The summed E-state index contributed by atoms with van der Waals surface area (Å²) >= 11 is 0. The zero-order chi connectivity index (χ0) is 25.3. The molecule has 3 aromatic rings. The summed E-state index contributed by atoms with van der Waals surface area (Å²) in [5.74, 6) is 1.02. The van der Waals surface area contributed by atoms with Gasteiger partial charge >= 0.3 is 6.18 Å². The third-order valence-corrected chi connectivity index (χ3v) is 6.39. The van der Waals surface area contributed by atoms with E-state index in [1.54, 1.807) is 6.20 Å². The summed E-state index contributed by atoms with van der Waals surface area (Å²) in [5, 5.41) is 7.84. The third-order valence-electron chi connectivity index (χ3n) is 6.39. The van der Waals surface area contributed by atoms with Crippen LogP contribution in [0.3, 0.4) is 0 Å². The Morgan fingerprint density at radius 3 is 2.66 bits per heavy atom. The molecule has 186 valence electrons. The molecule has 0 spiro atoms. The van der Waals surface area contributed by atoms with Crippen molar-refractivity contribution in [1.82, 2.24) is 29.2 Å². The van der Waals surface area contributed by atoms with E-state index >= 15 is 0 Å². The summed E-state index contributed by atoms with van der Waals surface area (Å²) in [5.41, 5.74) is 7.32. The number of nitrogens with one attached hydrogen (secondary N) is 1. The zero-order valence-electron chi connectivity index (χ0n) is 19.7. The molecule has 3 aromatic heterocycles. The Balaban J connectivity index is 1.72. The minimum atomic E-state index is -4.37. The number of nitrogens with two attached hydrogens (primary N) is 1. The van der Waals surface area contributed by atoms with Crippen molar-refractivity contribution < 1.29 is 13.2 Å². The number of rotatable bonds is 6. The second kappa shape index (κ2) is 9.61. The summed E-state index contributed by atoms with van der Waals surface area (Å²) in [4.78, 5) is 21.7. The number of anilines is 1. The SMILES string of the molecule is CCN1C(C)CN(c2ccnc(-c3cnc4cnc(CC(F)(F)F)cn34)n2)C(C)C1/C(C=N)=C/N. The van der Waals surface area contributed by atoms with E-state index in [4.69, 9.17) is 16.1 Å². The molecule has 3 unspecified atom stereocenters. The Labute approximate surface area is 201 Å². The number of aromatic nitrogens is 5. The highest BCUT2D eigenvalue weighted by atomic mass is 19.4. The van der Waals surface area contributed by atoms with Crippen molar-refractivity contribution in [3.8, 4) is 11.5 Å². The Morgan fingerprint density at radius 1 is 1.23 bits per heavy atom. The molecule has 35 heavy (non-hydrogen) atoms. The average molecular weight is 488 g/mol. The summed E-state index contributed by atoms with van der Waals surface area (Å²) in [6.45, 7) is 7.77. The lowest BCUT2D eigenvalue weighted by Crippen LogP contribution is -2.63. The predicted molar refractivity (Wildman–Crippen MR) is 127 cm³/mol. The number of nitrogens with zero attached hydrogens (tertiary/aromatic N) is 7. The van der Waals surface area contributed by atoms with E-state index in [2.05, 4.69) is 45.5 Å². The van der Waals surface area contributed by atoms with E-state index in [0.29, 0.717) is 29.5 Å². The molecule has 0 amide bonds. The van der Waals surface area contributed by atoms with Crippen molar-refractivity contribution >= 4 is 17.7 Å². The predicted octanol–water partition coefficient (Wildman–Crippen LogP) is 3.07. The third kappa shape index (κ3) is 4.83. The fourth-order valence-electron chi connectivity index (χ4n) is 4.81. The number of halogens is 3. The maximum atomic E-state index is 12.9. The van der Waals surface area contributed by atoms with Crippen LogP contribution in [0, 0.1) is 5.41 Å². The molecule has 0 bridgehead atoms. The van der Waals surface area contributed by atoms with Gasteiger partial charge in [0.15, 0.2) is 11.5 Å². The first-order chi connectivity index (χ1) is 16.7. The fourth-order valence-corrected chi connectivity index (χ4v) is 4.81. The normalized spacial score (nSPS) is 22.1. The Morgan fingerprint density at radius 2 is 2.00 bits per heavy atom. The smallest absolute Gasteiger partial charge is 0.394 e. The minimum Gasteiger partial charge on any atom is -0.404 e. The van der Waals surface area contributed by atoms with Crippen LogP contribution in [0.5, 0.6) is 0 Å². The highest BCUT2D eigenvalue weighted by Crippen LogP contribution is 2.30. The van der Waals surface area contributed by atoms with Crippen molar-refractivity contribution in [2.24, 2.45) is 5.73 Å². The Hall–Kier alpha value is -3.54. The van der Waals surface area contributed by atoms with Crippen LogP contribution in [-0.2, 0) is 6.42 Å². The van der Waals surface area contributed by atoms with E-state index in [9.17, 15) is 13.2 Å².